The number of fused-ring (bicyclic) bond motifs is 2. The van der Waals surface area contributed by atoms with Crippen LogP contribution in [-0.2, 0) is 11.3 Å². The van der Waals surface area contributed by atoms with E-state index < -0.39 is 0 Å². The number of nitrogens with one attached hydrogen (secondary N) is 2. The van der Waals surface area contributed by atoms with Crippen LogP contribution in [0, 0.1) is 5.92 Å². The third kappa shape index (κ3) is 6.52. The van der Waals surface area contributed by atoms with Gasteiger partial charge in [-0.05, 0) is 44.6 Å². The minimum Gasteiger partial charge on any atom is -0.493 e. The summed E-state index contributed by atoms with van der Waals surface area (Å²) in [5.41, 5.74) is 1.12. The van der Waals surface area contributed by atoms with Crippen molar-refractivity contribution in [3.63, 3.8) is 0 Å². The fourth-order valence-electron chi connectivity index (χ4n) is 3.63. The molecule has 3 unspecified atom stereocenters. The second kappa shape index (κ2) is 11.1. The van der Waals surface area contributed by atoms with Gasteiger partial charge in [-0.2, -0.15) is 0 Å². The number of rotatable bonds is 8. The van der Waals surface area contributed by atoms with E-state index in [1.807, 2.05) is 18.2 Å². The molecule has 0 aliphatic carbocycles. The predicted octanol–water partition coefficient (Wildman–Crippen LogP) is 4.10. The zero-order valence-electron chi connectivity index (χ0n) is 16.7. The lowest BCUT2D eigenvalue weighted by Crippen LogP contribution is -2.47. The van der Waals surface area contributed by atoms with E-state index in [9.17, 15) is 0 Å². The quantitative estimate of drug-likeness (QED) is 0.329. The number of para-hydroxylation sites is 1. The highest BCUT2D eigenvalue weighted by Crippen LogP contribution is 2.34. The van der Waals surface area contributed by atoms with E-state index in [1.165, 1.54) is 6.42 Å². The first-order valence-electron chi connectivity index (χ1n) is 10.1. The molecule has 3 atom stereocenters. The van der Waals surface area contributed by atoms with E-state index in [4.69, 9.17) is 14.5 Å². The summed E-state index contributed by atoms with van der Waals surface area (Å²) in [6.07, 6.45) is 5.30. The van der Waals surface area contributed by atoms with Crippen LogP contribution in [0.3, 0.4) is 0 Å². The highest BCUT2D eigenvalue weighted by Gasteiger charge is 2.41. The molecule has 0 aromatic heterocycles. The van der Waals surface area contributed by atoms with Crippen LogP contribution in [0.1, 0.15) is 52.0 Å². The maximum absolute atomic E-state index is 5.98. The molecule has 2 saturated heterocycles. The lowest BCUT2D eigenvalue weighted by atomic mass is 9.96. The Kier molecular flexibility index (Phi) is 9.15. The van der Waals surface area contributed by atoms with Crippen LogP contribution in [0.25, 0.3) is 0 Å². The number of hydrogen-bond donors (Lipinski definition) is 2. The standard InChI is InChI=1S/C21H33N3O2.HI/c1-4-22-21(24-18-13-17-9-10-20(18)26-17)23-14-16-7-5-6-8-19(16)25-12-11-15(2)3;/h5-8,15,17-18,20H,4,9-14H2,1-3H3,(H2,22,23,24);1H. The fraction of sp³-hybridized carbons (Fsp3) is 0.667. The third-order valence-corrected chi connectivity index (χ3v) is 5.11. The molecule has 0 spiro atoms. The maximum Gasteiger partial charge on any atom is 0.191 e. The van der Waals surface area contributed by atoms with Crippen molar-refractivity contribution in [1.29, 1.82) is 0 Å². The first-order chi connectivity index (χ1) is 12.7. The van der Waals surface area contributed by atoms with Crippen LogP contribution >= 0.6 is 24.0 Å². The van der Waals surface area contributed by atoms with Crippen molar-refractivity contribution in [1.82, 2.24) is 10.6 Å². The molecular formula is C21H34IN3O2. The van der Waals surface area contributed by atoms with Gasteiger partial charge in [-0.1, -0.05) is 32.0 Å². The Labute approximate surface area is 180 Å². The Bertz CT molecular complexity index is 609. The van der Waals surface area contributed by atoms with Crippen LogP contribution in [0.5, 0.6) is 5.75 Å². The molecule has 2 bridgehead atoms. The highest BCUT2D eigenvalue weighted by atomic mass is 127. The third-order valence-electron chi connectivity index (χ3n) is 5.11. The Morgan fingerprint density at radius 1 is 1.30 bits per heavy atom. The van der Waals surface area contributed by atoms with Crippen molar-refractivity contribution in [3.05, 3.63) is 29.8 Å². The number of hydrogen-bond acceptors (Lipinski definition) is 3. The number of benzene rings is 1. The van der Waals surface area contributed by atoms with Crippen molar-refractivity contribution >= 4 is 29.9 Å². The minimum absolute atomic E-state index is 0. The Hall–Kier alpha value is -1.02. The molecule has 1 aromatic rings. The van der Waals surface area contributed by atoms with E-state index in [0.717, 1.165) is 49.7 Å². The van der Waals surface area contributed by atoms with Crippen LogP contribution < -0.4 is 15.4 Å². The second-order valence-corrected chi connectivity index (χ2v) is 7.69. The highest BCUT2D eigenvalue weighted by molar-refractivity contribution is 14.0. The van der Waals surface area contributed by atoms with Gasteiger partial charge in [0.25, 0.3) is 0 Å². The van der Waals surface area contributed by atoms with E-state index in [1.54, 1.807) is 0 Å². The van der Waals surface area contributed by atoms with E-state index in [0.29, 0.717) is 30.7 Å². The SMILES string of the molecule is CCNC(=NCc1ccccc1OCCC(C)C)NC1CC2CCC1O2.I. The van der Waals surface area contributed by atoms with Crippen LogP contribution in [-0.4, -0.2) is 37.4 Å². The van der Waals surface area contributed by atoms with E-state index >= 15 is 0 Å². The van der Waals surface area contributed by atoms with Gasteiger partial charge >= 0.3 is 0 Å². The van der Waals surface area contributed by atoms with Gasteiger partial charge in [0.15, 0.2) is 5.96 Å². The average Bonchev–Trinajstić information content (AvgIpc) is 3.23. The minimum atomic E-state index is 0. The molecule has 2 heterocycles. The molecule has 5 nitrogen and oxygen atoms in total. The average molecular weight is 487 g/mol. The summed E-state index contributed by atoms with van der Waals surface area (Å²) in [4.78, 5) is 4.79. The molecule has 0 radical (unpaired) electrons. The fourth-order valence-corrected chi connectivity index (χ4v) is 3.63. The molecular weight excluding hydrogens is 453 g/mol. The summed E-state index contributed by atoms with van der Waals surface area (Å²) in [6, 6.07) is 8.58. The van der Waals surface area contributed by atoms with Gasteiger partial charge in [-0.15, -0.1) is 24.0 Å². The summed E-state index contributed by atoms with van der Waals surface area (Å²) in [7, 11) is 0. The molecule has 152 valence electrons. The molecule has 1 aromatic carbocycles. The van der Waals surface area contributed by atoms with E-state index in [2.05, 4.69) is 37.5 Å². The van der Waals surface area contributed by atoms with E-state index in [-0.39, 0.29) is 24.0 Å². The van der Waals surface area contributed by atoms with Crippen LogP contribution in [0.15, 0.2) is 29.3 Å². The van der Waals surface area contributed by atoms with Gasteiger partial charge in [-0.3, -0.25) is 0 Å². The predicted molar refractivity (Wildman–Crippen MR) is 121 cm³/mol. The topological polar surface area (TPSA) is 54.9 Å². The Morgan fingerprint density at radius 2 is 2.11 bits per heavy atom. The number of nitrogens with zero attached hydrogens (tertiary/aromatic N) is 1. The second-order valence-electron chi connectivity index (χ2n) is 7.69. The molecule has 3 rings (SSSR count). The molecule has 2 aliphatic heterocycles. The normalized spacial score (nSPS) is 24.0. The Balaban J connectivity index is 0.00000261. The number of halogens is 1. The van der Waals surface area contributed by atoms with Gasteiger partial charge in [0.2, 0.25) is 0 Å². The Morgan fingerprint density at radius 3 is 2.78 bits per heavy atom. The number of ether oxygens (including phenoxy) is 2. The summed E-state index contributed by atoms with van der Waals surface area (Å²) in [5.74, 6) is 2.45. The molecule has 2 N–H and O–H groups in total. The molecule has 0 saturated carbocycles. The van der Waals surface area contributed by atoms with Gasteiger partial charge in [0, 0.05) is 12.1 Å². The zero-order chi connectivity index (χ0) is 18.4. The van der Waals surface area contributed by atoms with Crippen molar-refractivity contribution in [2.75, 3.05) is 13.2 Å². The first kappa shape index (κ1) is 22.3. The van der Waals surface area contributed by atoms with Crippen molar-refractivity contribution in [3.8, 4) is 5.75 Å². The summed E-state index contributed by atoms with van der Waals surface area (Å²) in [6.45, 7) is 8.73. The van der Waals surface area contributed by atoms with Gasteiger partial charge in [-0.25, -0.2) is 4.99 Å². The van der Waals surface area contributed by atoms with Gasteiger partial charge < -0.3 is 20.1 Å². The van der Waals surface area contributed by atoms with Crippen LogP contribution in [0.4, 0.5) is 0 Å². The van der Waals surface area contributed by atoms with Gasteiger partial charge in [0.1, 0.15) is 5.75 Å². The lowest BCUT2D eigenvalue weighted by molar-refractivity contribution is 0.0992. The maximum atomic E-state index is 5.98. The largest absolute Gasteiger partial charge is 0.493 e. The number of guanidine groups is 1. The van der Waals surface area contributed by atoms with Gasteiger partial charge in [0.05, 0.1) is 31.4 Å². The molecule has 0 amide bonds. The zero-order valence-corrected chi connectivity index (χ0v) is 19.1. The number of aliphatic imine (C=N–C) groups is 1. The molecule has 2 aliphatic rings. The molecule has 6 heteroatoms. The summed E-state index contributed by atoms with van der Waals surface area (Å²) < 4.78 is 11.9. The monoisotopic (exact) mass is 487 g/mol. The summed E-state index contributed by atoms with van der Waals surface area (Å²) >= 11 is 0. The lowest BCUT2D eigenvalue weighted by Gasteiger charge is -2.22. The smallest absolute Gasteiger partial charge is 0.191 e. The summed E-state index contributed by atoms with van der Waals surface area (Å²) in [5, 5.41) is 6.93. The molecule has 27 heavy (non-hydrogen) atoms. The first-order valence-corrected chi connectivity index (χ1v) is 10.1. The van der Waals surface area contributed by atoms with Crippen LogP contribution in [0.2, 0.25) is 0 Å². The molecule has 2 fully saturated rings. The van der Waals surface area contributed by atoms with Crippen molar-refractivity contribution < 1.29 is 9.47 Å². The van der Waals surface area contributed by atoms with Crippen molar-refractivity contribution in [2.45, 2.75) is 71.2 Å². The van der Waals surface area contributed by atoms with Crippen molar-refractivity contribution in [2.24, 2.45) is 10.9 Å².